The Hall–Kier alpha value is -2.12. The molecule has 3 heterocycles. The van der Waals surface area contributed by atoms with E-state index in [0.29, 0.717) is 37.7 Å². The highest BCUT2D eigenvalue weighted by Gasteiger charge is 2.33. The van der Waals surface area contributed by atoms with Crippen molar-refractivity contribution in [2.24, 2.45) is 5.92 Å². The number of nitrogens with one attached hydrogen (secondary N) is 1. The van der Waals surface area contributed by atoms with Crippen LogP contribution < -0.4 is 10.2 Å². The van der Waals surface area contributed by atoms with Crippen molar-refractivity contribution in [1.82, 2.24) is 15.1 Å². The van der Waals surface area contributed by atoms with Gasteiger partial charge >= 0.3 is 0 Å². The van der Waals surface area contributed by atoms with E-state index < -0.39 is 0 Å². The number of nitrogens with zero attached hydrogens (tertiary/aromatic N) is 3. The maximum absolute atomic E-state index is 13.2. The molecular formula is C23H34N4O3. The zero-order valence-corrected chi connectivity index (χ0v) is 18.0. The second kappa shape index (κ2) is 9.79. The molecule has 2 amide bonds. The average Bonchev–Trinajstić information content (AvgIpc) is 3.33. The van der Waals surface area contributed by atoms with E-state index in [1.807, 2.05) is 30.1 Å². The summed E-state index contributed by atoms with van der Waals surface area (Å²) in [5.41, 5.74) is 1.84. The van der Waals surface area contributed by atoms with Gasteiger partial charge in [0.25, 0.3) is 5.91 Å². The highest BCUT2D eigenvalue weighted by atomic mass is 16.5. The minimum Gasteiger partial charge on any atom is -0.381 e. The number of hydrogen-bond acceptors (Lipinski definition) is 5. The zero-order chi connectivity index (χ0) is 20.9. The number of benzene rings is 1. The van der Waals surface area contributed by atoms with Crippen LogP contribution in [0, 0.1) is 5.92 Å². The number of likely N-dealkylation sites (N-methyl/N-ethyl adjacent to an activating group) is 1. The minimum atomic E-state index is -0.302. The van der Waals surface area contributed by atoms with Gasteiger partial charge in [0.05, 0.1) is 0 Å². The quantitative estimate of drug-likeness (QED) is 0.793. The highest BCUT2D eigenvalue weighted by Crippen LogP contribution is 2.22. The first-order valence-corrected chi connectivity index (χ1v) is 11.3. The topological polar surface area (TPSA) is 65.1 Å². The molecular weight excluding hydrogens is 380 g/mol. The molecule has 0 unspecified atom stereocenters. The number of carbonyl (C=O) groups excluding carboxylic acids is 2. The van der Waals surface area contributed by atoms with Crippen LogP contribution in [-0.2, 0) is 9.53 Å². The van der Waals surface area contributed by atoms with Gasteiger partial charge in [0.15, 0.2) is 0 Å². The van der Waals surface area contributed by atoms with Gasteiger partial charge in [-0.05, 0) is 56.8 Å². The molecule has 4 rings (SSSR count). The Balaban J connectivity index is 1.36. The predicted octanol–water partition coefficient (Wildman–Crippen LogP) is 1.59. The second-order valence-electron chi connectivity index (χ2n) is 8.79. The maximum atomic E-state index is 13.2. The molecule has 30 heavy (non-hydrogen) atoms. The Bertz CT molecular complexity index is 744. The van der Waals surface area contributed by atoms with Crippen molar-refractivity contribution in [3.63, 3.8) is 0 Å². The monoisotopic (exact) mass is 414 g/mol. The van der Waals surface area contributed by atoms with Crippen LogP contribution in [0.25, 0.3) is 0 Å². The molecule has 1 N–H and O–H groups in total. The number of hydrogen-bond donors (Lipinski definition) is 1. The van der Waals surface area contributed by atoms with Gasteiger partial charge in [-0.1, -0.05) is 6.07 Å². The van der Waals surface area contributed by atoms with Crippen LogP contribution in [0.1, 0.15) is 36.0 Å². The molecule has 0 radical (unpaired) electrons. The summed E-state index contributed by atoms with van der Waals surface area (Å²) in [6.45, 7) is 6.15. The van der Waals surface area contributed by atoms with Gasteiger partial charge in [0, 0.05) is 63.7 Å². The zero-order valence-electron chi connectivity index (χ0n) is 18.0. The number of anilines is 1. The molecule has 1 aromatic rings. The molecule has 1 aromatic carbocycles. The summed E-state index contributed by atoms with van der Waals surface area (Å²) in [5.74, 6) is 0.529. The van der Waals surface area contributed by atoms with E-state index in [1.54, 1.807) is 0 Å². The molecule has 7 nitrogen and oxygen atoms in total. The molecule has 164 valence electrons. The molecule has 0 aromatic heterocycles. The van der Waals surface area contributed by atoms with Gasteiger partial charge in [-0.25, -0.2) is 0 Å². The van der Waals surface area contributed by atoms with E-state index in [9.17, 15) is 9.59 Å². The van der Waals surface area contributed by atoms with Crippen molar-refractivity contribution in [2.45, 2.75) is 31.7 Å². The van der Waals surface area contributed by atoms with E-state index >= 15 is 0 Å². The Morgan fingerprint density at radius 3 is 2.63 bits per heavy atom. The number of carbonyl (C=O) groups is 2. The minimum absolute atomic E-state index is 0.0198. The third kappa shape index (κ3) is 4.95. The van der Waals surface area contributed by atoms with Crippen LogP contribution in [0.3, 0.4) is 0 Å². The lowest BCUT2D eigenvalue weighted by Gasteiger charge is -2.38. The number of ether oxygens (including phenoxy) is 1. The summed E-state index contributed by atoms with van der Waals surface area (Å²) in [4.78, 5) is 32.3. The Labute approximate surface area is 179 Å². The van der Waals surface area contributed by atoms with Crippen LogP contribution in [0.15, 0.2) is 24.3 Å². The van der Waals surface area contributed by atoms with Gasteiger partial charge in [-0.2, -0.15) is 0 Å². The normalized spacial score (nSPS) is 23.6. The third-order valence-electron chi connectivity index (χ3n) is 6.71. The van der Waals surface area contributed by atoms with Crippen molar-refractivity contribution in [3.05, 3.63) is 29.8 Å². The highest BCUT2D eigenvalue weighted by molar-refractivity contribution is 5.96. The summed E-state index contributed by atoms with van der Waals surface area (Å²) < 4.78 is 5.40. The van der Waals surface area contributed by atoms with E-state index in [0.717, 1.165) is 44.8 Å². The average molecular weight is 415 g/mol. The van der Waals surface area contributed by atoms with Crippen LogP contribution in [0.5, 0.6) is 0 Å². The Kier molecular flexibility index (Phi) is 6.89. The maximum Gasteiger partial charge on any atom is 0.254 e. The first-order chi connectivity index (χ1) is 14.6. The third-order valence-corrected chi connectivity index (χ3v) is 6.71. The molecule has 3 saturated heterocycles. The summed E-state index contributed by atoms with van der Waals surface area (Å²) >= 11 is 0. The summed E-state index contributed by atoms with van der Waals surface area (Å²) in [7, 11) is 1.97. The van der Waals surface area contributed by atoms with Gasteiger partial charge in [0.1, 0.15) is 6.04 Å². The lowest BCUT2D eigenvalue weighted by atomic mass is 10.00. The number of rotatable bonds is 5. The predicted molar refractivity (Wildman–Crippen MR) is 117 cm³/mol. The summed E-state index contributed by atoms with van der Waals surface area (Å²) in [6.07, 6.45) is 4.42. The lowest BCUT2D eigenvalue weighted by molar-refractivity contribution is -0.128. The molecule has 3 aliphatic rings. The van der Waals surface area contributed by atoms with Crippen molar-refractivity contribution in [2.75, 3.05) is 64.4 Å². The largest absolute Gasteiger partial charge is 0.381 e. The molecule has 3 aliphatic heterocycles. The molecule has 0 saturated carbocycles. The molecule has 1 atom stereocenters. The Morgan fingerprint density at radius 1 is 1.10 bits per heavy atom. The summed E-state index contributed by atoms with van der Waals surface area (Å²) in [6, 6.07) is 7.64. The van der Waals surface area contributed by atoms with Crippen molar-refractivity contribution >= 4 is 17.5 Å². The van der Waals surface area contributed by atoms with E-state index in [2.05, 4.69) is 21.2 Å². The number of piperazine rings is 1. The fourth-order valence-electron chi connectivity index (χ4n) is 4.65. The van der Waals surface area contributed by atoms with E-state index in [1.165, 1.54) is 12.8 Å². The van der Waals surface area contributed by atoms with Gasteiger partial charge in [-0.15, -0.1) is 0 Å². The second-order valence-corrected chi connectivity index (χ2v) is 8.79. The first-order valence-electron chi connectivity index (χ1n) is 11.3. The molecule has 0 aliphatic carbocycles. The van der Waals surface area contributed by atoms with Gasteiger partial charge in [0.2, 0.25) is 5.91 Å². The molecule has 7 heteroatoms. The Morgan fingerprint density at radius 2 is 1.87 bits per heavy atom. The van der Waals surface area contributed by atoms with Crippen molar-refractivity contribution in [3.8, 4) is 0 Å². The fraction of sp³-hybridized carbons (Fsp3) is 0.652. The van der Waals surface area contributed by atoms with Gasteiger partial charge in [-0.3, -0.25) is 14.5 Å². The standard InChI is InChI=1S/C23H34N4O3/c1-25-11-12-27(17-21(25)22(28)24-16-18-7-13-30-14-8-18)23(29)19-5-4-6-20(15-19)26-9-2-3-10-26/h4-6,15,18,21H,2-3,7-14,16-17H2,1H3,(H,24,28)/t21-/m0/s1. The molecule has 0 bridgehead atoms. The smallest absolute Gasteiger partial charge is 0.254 e. The fourth-order valence-corrected chi connectivity index (χ4v) is 4.65. The summed E-state index contributed by atoms with van der Waals surface area (Å²) in [5, 5.41) is 3.12. The van der Waals surface area contributed by atoms with E-state index in [4.69, 9.17) is 4.74 Å². The van der Waals surface area contributed by atoms with Crippen LogP contribution in [-0.4, -0.2) is 87.2 Å². The van der Waals surface area contributed by atoms with Crippen molar-refractivity contribution < 1.29 is 14.3 Å². The molecule has 0 spiro atoms. The van der Waals surface area contributed by atoms with Crippen LogP contribution >= 0.6 is 0 Å². The van der Waals surface area contributed by atoms with Crippen LogP contribution in [0.4, 0.5) is 5.69 Å². The van der Waals surface area contributed by atoms with Gasteiger partial charge < -0.3 is 19.9 Å². The van der Waals surface area contributed by atoms with Crippen LogP contribution in [0.2, 0.25) is 0 Å². The number of amides is 2. The molecule has 3 fully saturated rings. The van der Waals surface area contributed by atoms with E-state index in [-0.39, 0.29) is 17.9 Å². The van der Waals surface area contributed by atoms with Crippen molar-refractivity contribution in [1.29, 1.82) is 0 Å². The SMILES string of the molecule is CN1CCN(C(=O)c2cccc(N3CCCC3)c2)C[C@H]1C(=O)NCC1CCOCC1. The lowest BCUT2D eigenvalue weighted by Crippen LogP contribution is -2.59. The first kappa shape index (κ1) is 21.1.